The van der Waals surface area contributed by atoms with Crippen molar-refractivity contribution in [3.8, 4) is 0 Å². The number of hydrogen-bond acceptors (Lipinski definition) is 6. The van der Waals surface area contributed by atoms with Gasteiger partial charge in [0.25, 0.3) is 0 Å². The zero-order valence-corrected chi connectivity index (χ0v) is 16.6. The summed E-state index contributed by atoms with van der Waals surface area (Å²) in [5, 5.41) is 6.06. The summed E-state index contributed by atoms with van der Waals surface area (Å²) in [5.74, 6) is 0.610. The number of hydrogen-bond donors (Lipinski definition) is 2. The predicted octanol–water partition coefficient (Wildman–Crippen LogP) is 1.77. The molecule has 0 spiro atoms. The molecular weight excluding hydrogens is 352 g/mol. The van der Waals surface area contributed by atoms with Gasteiger partial charge in [-0.3, -0.25) is 9.69 Å². The fraction of sp³-hybridized carbons (Fsp3) is 0.476. The molecule has 2 aromatic rings. The van der Waals surface area contributed by atoms with Gasteiger partial charge in [-0.2, -0.15) is 0 Å². The first-order chi connectivity index (χ1) is 13.7. The van der Waals surface area contributed by atoms with Crippen molar-refractivity contribution >= 4 is 11.9 Å². The zero-order chi connectivity index (χ0) is 19.6. The van der Waals surface area contributed by atoms with Gasteiger partial charge in [-0.25, -0.2) is 9.97 Å². The van der Waals surface area contributed by atoms with Gasteiger partial charge in [0, 0.05) is 64.1 Å². The highest BCUT2D eigenvalue weighted by Gasteiger charge is 2.25. The maximum Gasteiger partial charge on any atom is 0.222 e. The van der Waals surface area contributed by atoms with Crippen LogP contribution in [0.3, 0.4) is 0 Å². The van der Waals surface area contributed by atoms with E-state index in [1.54, 1.807) is 18.5 Å². The molecule has 1 atom stereocenters. The Kier molecular flexibility index (Phi) is 7.75. The van der Waals surface area contributed by atoms with Gasteiger partial charge in [-0.15, -0.1) is 0 Å². The Hall–Kier alpha value is -2.51. The van der Waals surface area contributed by atoms with E-state index in [2.05, 4.69) is 67.8 Å². The topological polar surface area (TPSA) is 73.4 Å². The number of amides is 1. The Morgan fingerprint density at radius 2 is 1.89 bits per heavy atom. The monoisotopic (exact) mass is 382 g/mol. The molecule has 1 unspecified atom stereocenters. The van der Waals surface area contributed by atoms with Crippen LogP contribution in [0.25, 0.3) is 0 Å². The molecule has 28 heavy (non-hydrogen) atoms. The molecule has 1 fully saturated rings. The second-order valence-electron chi connectivity index (χ2n) is 7.18. The molecule has 150 valence electrons. The minimum atomic E-state index is 0.0569. The van der Waals surface area contributed by atoms with E-state index in [4.69, 9.17) is 0 Å². The highest BCUT2D eigenvalue weighted by molar-refractivity contribution is 5.76. The van der Waals surface area contributed by atoms with E-state index < -0.39 is 0 Å². The van der Waals surface area contributed by atoms with Crippen LogP contribution in [0.1, 0.15) is 24.4 Å². The molecule has 0 bridgehead atoms. The largest absolute Gasteiger partial charge is 0.356 e. The Morgan fingerprint density at radius 3 is 2.68 bits per heavy atom. The molecule has 7 nitrogen and oxygen atoms in total. The molecule has 1 aliphatic heterocycles. The number of likely N-dealkylation sites (N-methyl/N-ethyl adjacent to an activating group) is 1. The lowest BCUT2D eigenvalue weighted by atomic mass is 10.0. The highest BCUT2D eigenvalue weighted by atomic mass is 16.1. The van der Waals surface area contributed by atoms with Crippen LogP contribution < -0.4 is 10.6 Å². The number of anilines is 1. The first kappa shape index (κ1) is 20.2. The maximum absolute atomic E-state index is 12.0. The third-order valence-electron chi connectivity index (χ3n) is 5.02. The Labute approximate surface area is 167 Å². The number of carbonyl (C=O) groups is 1. The molecule has 0 radical (unpaired) electrons. The molecule has 1 saturated heterocycles. The zero-order valence-electron chi connectivity index (χ0n) is 16.6. The van der Waals surface area contributed by atoms with Crippen molar-refractivity contribution in [2.45, 2.75) is 18.9 Å². The molecule has 7 heteroatoms. The van der Waals surface area contributed by atoms with Gasteiger partial charge >= 0.3 is 0 Å². The average molecular weight is 383 g/mol. The number of benzene rings is 1. The average Bonchev–Trinajstić information content (AvgIpc) is 2.73. The van der Waals surface area contributed by atoms with Crippen molar-refractivity contribution in [2.75, 3.05) is 51.6 Å². The Balaban J connectivity index is 1.36. The van der Waals surface area contributed by atoms with Crippen LogP contribution in [0.4, 0.5) is 5.95 Å². The van der Waals surface area contributed by atoms with Gasteiger partial charge < -0.3 is 15.5 Å². The second-order valence-corrected chi connectivity index (χ2v) is 7.18. The number of aromatic nitrogens is 2. The molecule has 1 amide bonds. The van der Waals surface area contributed by atoms with Crippen LogP contribution in [0.5, 0.6) is 0 Å². The summed E-state index contributed by atoms with van der Waals surface area (Å²) in [6.45, 7) is 5.42. The minimum Gasteiger partial charge on any atom is -0.356 e. The maximum atomic E-state index is 12.0. The highest BCUT2D eigenvalue weighted by Crippen LogP contribution is 2.24. The minimum absolute atomic E-state index is 0.0569. The fourth-order valence-electron chi connectivity index (χ4n) is 3.49. The third kappa shape index (κ3) is 6.28. The standard InChI is InChI=1S/C21H30N6O/c1-26-15-16-27(19(17-26)18-7-3-2-4-8-18)14-6-12-22-20(28)9-13-25-21-23-10-5-11-24-21/h2-5,7-8,10-11,19H,6,9,12-17H2,1H3,(H,22,28)(H,23,24,25). The van der Waals surface area contributed by atoms with Crippen molar-refractivity contribution in [1.82, 2.24) is 25.1 Å². The van der Waals surface area contributed by atoms with E-state index in [1.807, 2.05) is 0 Å². The number of carbonyl (C=O) groups excluding carboxylic acids is 1. The van der Waals surface area contributed by atoms with Gasteiger partial charge in [-0.1, -0.05) is 30.3 Å². The Bertz CT molecular complexity index is 711. The lowest BCUT2D eigenvalue weighted by molar-refractivity contribution is -0.120. The summed E-state index contributed by atoms with van der Waals surface area (Å²) in [6.07, 6.45) is 4.72. The van der Waals surface area contributed by atoms with E-state index in [-0.39, 0.29) is 5.91 Å². The molecule has 1 aliphatic rings. The third-order valence-corrected chi connectivity index (χ3v) is 5.02. The van der Waals surface area contributed by atoms with E-state index >= 15 is 0 Å². The lowest BCUT2D eigenvalue weighted by Gasteiger charge is -2.40. The summed E-state index contributed by atoms with van der Waals surface area (Å²) in [4.78, 5) is 25.1. The van der Waals surface area contributed by atoms with Crippen LogP contribution >= 0.6 is 0 Å². The summed E-state index contributed by atoms with van der Waals surface area (Å²) < 4.78 is 0. The normalized spacial score (nSPS) is 18.0. The van der Waals surface area contributed by atoms with Gasteiger partial charge in [-0.05, 0) is 25.1 Å². The van der Waals surface area contributed by atoms with Crippen LogP contribution in [-0.2, 0) is 4.79 Å². The number of rotatable bonds is 9. The molecule has 1 aromatic heterocycles. The molecule has 1 aromatic carbocycles. The number of nitrogens with zero attached hydrogens (tertiary/aromatic N) is 4. The first-order valence-electron chi connectivity index (χ1n) is 9.97. The Morgan fingerprint density at radius 1 is 1.11 bits per heavy atom. The van der Waals surface area contributed by atoms with Crippen molar-refractivity contribution in [3.63, 3.8) is 0 Å². The van der Waals surface area contributed by atoms with E-state index in [0.29, 0.717) is 31.5 Å². The van der Waals surface area contributed by atoms with Crippen molar-refractivity contribution in [2.24, 2.45) is 0 Å². The fourth-order valence-corrected chi connectivity index (χ4v) is 3.49. The lowest BCUT2D eigenvalue weighted by Crippen LogP contribution is -2.47. The van der Waals surface area contributed by atoms with Gasteiger partial charge in [0.2, 0.25) is 11.9 Å². The van der Waals surface area contributed by atoms with Crippen molar-refractivity contribution in [3.05, 3.63) is 54.4 Å². The van der Waals surface area contributed by atoms with Gasteiger partial charge in [0.15, 0.2) is 0 Å². The molecule has 2 N–H and O–H groups in total. The van der Waals surface area contributed by atoms with Crippen LogP contribution in [0.2, 0.25) is 0 Å². The van der Waals surface area contributed by atoms with Crippen LogP contribution in [-0.4, -0.2) is 72.0 Å². The van der Waals surface area contributed by atoms with Gasteiger partial charge in [0.1, 0.15) is 0 Å². The van der Waals surface area contributed by atoms with Gasteiger partial charge in [0.05, 0.1) is 0 Å². The van der Waals surface area contributed by atoms with E-state index in [1.165, 1.54) is 5.56 Å². The molecule has 0 aliphatic carbocycles. The smallest absolute Gasteiger partial charge is 0.222 e. The predicted molar refractivity (Wildman–Crippen MR) is 111 cm³/mol. The van der Waals surface area contributed by atoms with Crippen LogP contribution in [0, 0.1) is 0 Å². The van der Waals surface area contributed by atoms with Crippen molar-refractivity contribution in [1.29, 1.82) is 0 Å². The molecule has 2 heterocycles. The van der Waals surface area contributed by atoms with E-state index in [9.17, 15) is 4.79 Å². The van der Waals surface area contributed by atoms with Crippen molar-refractivity contribution < 1.29 is 4.79 Å². The van der Waals surface area contributed by atoms with Crippen LogP contribution in [0.15, 0.2) is 48.8 Å². The second kappa shape index (κ2) is 10.7. The summed E-state index contributed by atoms with van der Waals surface area (Å²) in [6, 6.07) is 12.9. The first-order valence-corrected chi connectivity index (χ1v) is 9.97. The summed E-state index contributed by atoms with van der Waals surface area (Å²) >= 11 is 0. The van der Waals surface area contributed by atoms with E-state index in [0.717, 1.165) is 32.6 Å². The molecule has 3 rings (SSSR count). The number of piperazine rings is 1. The summed E-state index contributed by atoms with van der Waals surface area (Å²) in [5.41, 5.74) is 1.37. The SMILES string of the molecule is CN1CCN(CCCNC(=O)CCNc2ncccn2)C(c2ccccc2)C1. The quantitative estimate of drug-likeness (QED) is 0.644. The molecular formula is C21H30N6O. The number of nitrogens with one attached hydrogen (secondary N) is 2. The summed E-state index contributed by atoms with van der Waals surface area (Å²) in [7, 11) is 2.18. The molecule has 0 saturated carbocycles.